The van der Waals surface area contributed by atoms with E-state index in [9.17, 15) is 4.79 Å². The average molecular weight is 169 g/mol. The van der Waals surface area contributed by atoms with Gasteiger partial charge in [-0.1, -0.05) is 0 Å². The van der Waals surface area contributed by atoms with Gasteiger partial charge >= 0.3 is 0 Å². The summed E-state index contributed by atoms with van der Waals surface area (Å²) in [4.78, 5) is 11.2. The number of amides is 1. The summed E-state index contributed by atoms with van der Waals surface area (Å²) in [5, 5.41) is 6.56. The Kier molecular flexibility index (Phi) is 2.65. The lowest BCUT2D eigenvalue weighted by atomic mass is 10.3. The van der Waals surface area contributed by atoms with E-state index in [2.05, 4.69) is 5.32 Å². The first kappa shape index (κ1) is 8.27. The lowest BCUT2D eigenvalue weighted by Crippen LogP contribution is -2.29. The SMILES string of the molecule is CC(C)NC(=O)c1ccsc1. The Hall–Kier alpha value is -0.830. The molecule has 0 aromatic carbocycles. The van der Waals surface area contributed by atoms with Crippen molar-refractivity contribution in [1.29, 1.82) is 0 Å². The van der Waals surface area contributed by atoms with Crippen LogP contribution in [0.5, 0.6) is 0 Å². The quantitative estimate of drug-likeness (QED) is 0.719. The Morgan fingerprint density at radius 1 is 1.64 bits per heavy atom. The molecule has 11 heavy (non-hydrogen) atoms. The van der Waals surface area contributed by atoms with Crippen LogP contribution < -0.4 is 5.32 Å². The highest BCUT2D eigenvalue weighted by Crippen LogP contribution is 2.05. The fourth-order valence-corrected chi connectivity index (χ4v) is 1.38. The summed E-state index contributed by atoms with van der Waals surface area (Å²) in [5.74, 6) is 0.0150. The maximum atomic E-state index is 11.2. The van der Waals surface area contributed by atoms with Crippen LogP contribution in [-0.2, 0) is 0 Å². The molecule has 1 aromatic heterocycles. The number of hydrogen-bond donors (Lipinski definition) is 1. The molecule has 3 heteroatoms. The molecule has 1 N–H and O–H groups in total. The molecule has 0 radical (unpaired) electrons. The minimum atomic E-state index is 0.0150. The summed E-state index contributed by atoms with van der Waals surface area (Å²) in [6, 6.07) is 2.03. The molecule has 2 nitrogen and oxygen atoms in total. The molecule has 0 saturated carbocycles. The van der Waals surface area contributed by atoms with Gasteiger partial charge in [0.1, 0.15) is 0 Å². The van der Waals surface area contributed by atoms with Gasteiger partial charge in [-0.15, -0.1) is 0 Å². The monoisotopic (exact) mass is 169 g/mol. The Bertz CT molecular complexity index is 228. The van der Waals surface area contributed by atoms with Gasteiger partial charge in [-0.25, -0.2) is 0 Å². The summed E-state index contributed by atoms with van der Waals surface area (Å²) in [5.41, 5.74) is 0.753. The van der Waals surface area contributed by atoms with Crippen molar-refractivity contribution in [2.24, 2.45) is 0 Å². The molecule has 0 unspecified atom stereocenters. The van der Waals surface area contributed by atoms with Crippen LogP contribution in [0.2, 0.25) is 0 Å². The van der Waals surface area contributed by atoms with Crippen LogP contribution in [0, 0.1) is 0 Å². The summed E-state index contributed by atoms with van der Waals surface area (Å²) in [6.07, 6.45) is 0. The van der Waals surface area contributed by atoms with Crippen molar-refractivity contribution in [3.63, 3.8) is 0 Å². The van der Waals surface area contributed by atoms with Gasteiger partial charge in [0.2, 0.25) is 0 Å². The van der Waals surface area contributed by atoms with Gasteiger partial charge in [0.05, 0.1) is 0 Å². The molecule has 1 rings (SSSR count). The molecule has 60 valence electrons. The smallest absolute Gasteiger partial charge is 0.252 e. The van der Waals surface area contributed by atoms with Gasteiger partial charge in [-0.05, 0) is 25.3 Å². The Morgan fingerprint density at radius 2 is 2.36 bits per heavy atom. The molecule has 0 aliphatic rings. The second-order valence-electron chi connectivity index (χ2n) is 2.64. The van der Waals surface area contributed by atoms with Gasteiger partial charge in [0.25, 0.3) is 5.91 Å². The zero-order valence-corrected chi connectivity index (χ0v) is 7.44. The maximum Gasteiger partial charge on any atom is 0.252 e. The second kappa shape index (κ2) is 3.53. The Morgan fingerprint density at radius 3 is 2.82 bits per heavy atom. The van der Waals surface area contributed by atoms with Crippen LogP contribution in [0.15, 0.2) is 16.8 Å². The first-order valence-corrected chi connectivity index (χ1v) is 4.47. The molecule has 0 spiro atoms. The fraction of sp³-hybridized carbons (Fsp3) is 0.375. The van der Waals surface area contributed by atoms with Crippen molar-refractivity contribution in [3.8, 4) is 0 Å². The van der Waals surface area contributed by atoms with Crippen molar-refractivity contribution in [2.75, 3.05) is 0 Å². The Labute approximate surface area is 70.2 Å². The second-order valence-corrected chi connectivity index (χ2v) is 3.42. The highest BCUT2D eigenvalue weighted by atomic mass is 32.1. The predicted molar refractivity (Wildman–Crippen MR) is 46.9 cm³/mol. The molecular weight excluding hydrogens is 158 g/mol. The van der Waals surface area contributed by atoms with Crippen LogP contribution in [-0.4, -0.2) is 11.9 Å². The lowest BCUT2D eigenvalue weighted by Gasteiger charge is -2.05. The molecule has 0 atom stereocenters. The third-order valence-electron chi connectivity index (χ3n) is 1.20. The standard InChI is InChI=1S/C8H11NOS/c1-6(2)9-8(10)7-3-4-11-5-7/h3-6H,1-2H3,(H,9,10). The zero-order chi connectivity index (χ0) is 8.27. The molecule has 0 aliphatic carbocycles. The molecule has 1 aromatic rings. The zero-order valence-electron chi connectivity index (χ0n) is 6.63. The van der Waals surface area contributed by atoms with E-state index in [0.29, 0.717) is 0 Å². The fourth-order valence-electron chi connectivity index (χ4n) is 0.739. The third kappa shape index (κ3) is 2.35. The van der Waals surface area contributed by atoms with Crippen LogP contribution in [0.1, 0.15) is 24.2 Å². The van der Waals surface area contributed by atoms with Crippen molar-refractivity contribution in [1.82, 2.24) is 5.32 Å². The normalized spacial score (nSPS) is 10.1. The van der Waals surface area contributed by atoms with E-state index in [-0.39, 0.29) is 11.9 Å². The van der Waals surface area contributed by atoms with Gasteiger partial charge in [-0.2, -0.15) is 11.3 Å². The molecule has 0 aliphatic heterocycles. The minimum Gasteiger partial charge on any atom is -0.350 e. The van der Waals surface area contributed by atoms with Crippen LogP contribution in [0.3, 0.4) is 0 Å². The summed E-state index contributed by atoms with van der Waals surface area (Å²) in [7, 11) is 0. The van der Waals surface area contributed by atoms with E-state index in [1.807, 2.05) is 30.7 Å². The van der Waals surface area contributed by atoms with E-state index >= 15 is 0 Å². The number of rotatable bonds is 2. The highest BCUT2D eigenvalue weighted by Gasteiger charge is 2.05. The molecule has 1 heterocycles. The average Bonchev–Trinajstić information content (AvgIpc) is 2.35. The topological polar surface area (TPSA) is 29.1 Å². The molecule has 1 amide bonds. The number of nitrogens with one attached hydrogen (secondary N) is 1. The minimum absolute atomic E-state index is 0.0150. The summed E-state index contributed by atoms with van der Waals surface area (Å²) >= 11 is 1.53. The predicted octanol–water partition coefficient (Wildman–Crippen LogP) is 1.89. The summed E-state index contributed by atoms with van der Waals surface area (Å²) < 4.78 is 0. The van der Waals surface area contributed by atoms with Gasteiger partial charge in [0.15, 0.2) is 0 Å². The molecule has 0 bridgehead atoms. The number of hydrogen-bond acceptors (Lipinski definition) is 2. The van der Waals surface area contributed by atoms with Gasteiger partial charge < -0.3 is 5.32 Å². The largest absolute Gasteiger partial charge is 0.350 e. The van der Waals surface area contributed by atoms with Crippen molar-refractivity contribution in [2.45, 2.75) is 19.9 Å². The Balaban J connectivity index is 2.57. The van der Waals surface area contributed by atoms with Crippen molar-refractivity contribution in [3.05, 3.63) is 22.4 Å². The van der Waals surface area contributed by atoms with Crippen LogP contribution in [0.4, 0.5) is 0 Å². The van der Waals surface area contributed by atoms with Crippen molar-refractivity contribution >= 4 is 17.2 Å². The number of carbonyl (C=O) groups is 1. The van der Waals surface area contributed by atoms with Gasteiger partial charge in [0, 0.05) is 17.0 Å². The third-order valence-corrected chi connectivity index (χ3v) is 1.89. The van der Waals surface area contributed by atoms with E-state index < -0.39 is 0 Å². The molecular formula is C8H11NOS. The number of thiophene rings is 1. The van der Waals surface area contributed by atoms with Crippen molar-refractivity contribution < 1.29 is 4.79 Å². The molecule has 0 saturated heterocycles. The van der Waals surface area contributed by atoms with Crippen LogP contribution >= 0.6 is 11.3 Å². The van der Waals surface area contributed by atoms with E-state index in [1.165, 1.54) is 11.3 Å². The molecule has 0 fully saturated rings. The lowest BCUT2D eigenvalue weighted by molar-refractivity contribution is 0.0943. The highest BCUT2D eigenvalue weighted by molar-refractivity contribution is 7.08. The van der Waals surface area contributed by atoms with Crippen LogP contribution in [0.25, 0.3) is 0 Å². The summed E-state index contributed by atoms with van der Waals surface area (Å²) in [6.45, 7) is 3.90. The van der Waals surface area contributed by atoms with Gasteiger partial charge in [-0.3, -0.25) is 4.79 Å². The van der Waals surface area contributed by atoms with E-state index in [0.717, 1.165) is 5.56 Å². The van der Waals surface area contributed by atoms with E-state index in [4.69, 9.17) is 0 Å². The first-order chi connectivity index (χ1) is 5.20. The van der Waals surface area contributed by atoms with E-state index in [1.54, 1.807) is 0 Å². The number of carbonyl (C=O) groups excluding carboxylic acids is 1. The first-order valence-electron chi connectivity index (χ1n) is 3.53. The maximum absolute atomic E-state index is 11.2.